The van der Waals surface area contributed by atoms with Crippen molar-refractivity contribution < 1.29 is 4.52 Å². The number of fused-ring (bicyclic) bond motifs is 1. The van der Waals surface area contributed by atoms with Crippen LogP contribution >= 0.6 is 23.2 Å². The maximum absolute atomic E-state index is 6.46. The molecule has 1 aliphatic heterocycles. The van der Waals surface area contributed by atoms with Gasteiger partial charge in [-0.25, -0.2) is 0 Å². The van der Waals surface area contributed by atoms with Crippen LogP contribution in [0.5, 0.6) is 0 Å². The third-order valence-electron chi connectivity index (χ3n) is 4.23. The molecule has 2 heterocycles. The SMILES string of the molecule is Clc1ccc(N2CCc3conc3C2c2ccccc2Cl)cc1. The second kappa shape index (κ2) is 5.91. The number of hydrogen-bond acceptors (Lipinski definition) is 3. The van der Waals surface area contributed by atoms with E-state index in [1.54, 1.807) is 6.26 Å². The molecule has 0 saturated carbocycles. The van der Waals surface area contributed by atoms with Gasteiger partial charge in [0, 0.05) is 27.8 Å². The van der Waals surface area contributed by atoms with Crippen LogP contribution in [-0.2, 0) is 6.42 Å². The molecule has 5 heteroatoms. The van der Waals surface area contributed by atoms with Crippen LogP contribution < -0.4 is 4.90 Å². The summed E-state index contributed by atoms with van der Waals surface area (Å²) in [6, 6.07) is 15.7. The lowest BCUT2D eigenvalue weighted by molar-refractivity contribution is 0.408. The number of nitrogens with zero attached hydrogens (tertiary/aromatic N) is 2. The molecule has 0 spiro atoms. The molecule has 0 N–H and O–H groups in total. The predicted molar refractivity (Wildman–Crippen MR) is 92.3 cm³/mol. The summed E-state index contributed by atoms with van der Waals surface area (Å²) < 4.78 is 5.22. The molecule has 3 nitrogen and oxygen atoms in total. The first-order valence-electron chi connectivity index (χ1n) is 7.44. The molecule has 0 amide bonds. The molecule has 1 aromatic heterocycles. The van der Waals surface area contributed by atoms with E-state index in [0.717, 1.165) is 45.5 Å². The van der Waals surface area contributed by atoms with Crippen LogP contribution in [0.1, 0.15) is 22.9 Å². The lowest BCUT2D eigenvalue weighted by Gasteiger charge is -2.37. The fraction of sp³-hybridized carbons (Fsp3) is 0.167. The molecule has 0 saturated heterocycles. The van der Waals surface area contributed by atoms with Crippen molar-refractivity contribution >= 4 is 28.9 Å². The van der Waals surface area contributed by atoms with Gasteiger partial charge in [0.2, 0.25) is 0 Å². The second-order valence-corrected chi connectivity index (χ2v) is 6.41. The molecule has 0 radical (unpaired) electrons. The van der Waals surface area contributed by atoms with Gasteiger partial charge < -0.3 is 9.42 Å². The van der Waals surface area contributed by atoms with Crippen molar-refractivity contribution in [3.8, 4) is 0 Å². The first-order valence-corrected chi connectivity index (χ1v) is 8.19. The van der Waals surface area contributed by atoms with Gasteiger partial charge in [0.1, 0.15) is 18.0 Å². The Morgan fingerprint density at radius 2 is 1.83 bits per heavy atom. The third-order valence-corrected chi connectivity index (χ3v) is 4.82. The predicted octanol–water partition coefficient (Wildman–Crippen LogP) is 5.13. The molecule has 23 heavy (non-hydrogen) atoms. The number of rotatable bonds is 2. The minimum absolute atomic E-state index is 0.0626. The summed E-state index contributed by atoms with van der Waals surface area (Å²) in [5.74, 6) is 0. The van der Waals surface area contributed by atoms with Crippen LogP contribution in [0.15, 0.2) is 59.3 Å². The second-order valence-electron chi connectivity index (χ2n) is 5.57. The molecule has 4 rings (SSSR count). The Hall–Kier alpha value is -1.97. The van der Waals surface area contributed by atoms with E-state index in [0.29, 0.717) is 0 Å². The molecular formula is C18H14Cl2N2O. The van der Waals surface area contributed by atoms with Crippen LogP contribution in [0, 0.1) is 0 Å². The number of anilines is 1. The van der Waals surface area contributed by atoms with Crippen LogP contribution in [0.3, 0.4) is 0 Å². The maximum atomic E-state index is 6.46. The highest BCUT2D eigenvalue weighted by Gasteiger charge is 2.33. The van der Waals surface area contributed by atoms with E-state index in [-0.39, 0.29) is 6.04 Å². The molecule has 3 aromatic rings. The normalized spacial score (nSPS) is 17.1. The number of hydrogen-bond donors (Lipinski definition) is 0. The molecule has 2 aromatic carbocycles. The van der Waals surface area contributed by atoms with E-state index >= 15 is 0 Å². The van der Waals surface area contributed by atoms with Gasteiger partial charge in [0.15, 0.2) is 0 Å². The van der Waals surface area contributed by atoms with Crippen LogP contribution in [0.4, 0.5) is 5.69 Å². The van der Waals surface area contributed by atoms with Gasteiger partial charge in [-0.05, 0) is 42.3 Å². The Balaban J connectivity index is 1.85. The van der Waals surface area contributed by atoms with E-state index in [4.69, 9.17) is 27.7 Å². The van der Waals surface area contributed by atoms with Crippen molar-refractivity contribution in [3.63, 3.8) is 0 Å². The summed E-state index contributed by atoms with van der Waals surface area (Å²) in [4.78, 5) is 2.29. The molecule has 0 aliphatic carbocycles. The standard InChI is InChI=1S/C18H14Cl2N2O/c19-13-5-7-14(8-6-13)22-10-9-12-11-23-21-17(12)18(22)15-3-1-2-4-16(15)20/h1-8,11,18H,9-10H2. The van der Waals surface area contributed by atoms with Gasteiger partial charge in [-0.3, -0.25) is 0 Å². The zero-order chi connectivity index (χ0) is 15.8. The number of halogens is 2. The zero-order valence-corrected chi connectivity index (χ0v) is 13.8. The average molecular weight is 345 g/mol. The minimum atomic E-state index is -0.0626. The van der Waals surface area contributed by atoms with E-state index in [1.165, 1.54) is 0 Å². The Labute approximate surface area is 144 Å². The third kappa shape index (κ3) is 2.60. The van der Waals surface area contributed by atoms with Gasteiger partial charge in [0.05, 0.1) is 0 Å². The highest BCUT2D eigenvalue weighted by molar-refractivity contribution is 6.31. The molecule has 0 fully saturated rings. The van der Waals surface area contributed by atoms with Gasteiger partial charge in [-0.2, -0.15) is 0 Å². The van der Waals surface area contributed by atoms with E-state index in [1.807, 2.05) is 48.5 Å². The van der Waals surface area contributed by atoms with Crippen LogP contribution in [0.2, 0.25) is 10.0 Å². The lowest BCUT2D eigenvalue weighted by Crippen LogP contribution is -2.36. The number of aromatic nitrogens is 1. The molecule has 0 bridgehead atoms. The molecule has 1 aliphatic rings. The quantitative estimate of drug-likeness (QED) is 0.644. The fourth-order valence-electron chi connectivity index (χ4n) is 3.12. The molecular weight excluding hydrogens is 331 g/mol. The van der Waals surface area contributed by atoms with Crippen molar-refractivity contribution in [2.75, 3.05) is 11.4 Å². The van der Waals surface area contributed by atoms with Gasteiger partial charge in [0.25, 0.3) is 0 Å². The summed E-state index contributed by atoms with van der Waals surface area (Å²) in [5.41, 5.74) is 4.19. The summed E-state index contributed by atoms with van der Waals surface area (Å²) in [6.07, 6.45) is 2.63. The fourth-order valence-corrected chi connectivity index (χ4v) is 3.48. The van der Waals surface area contributed by atoms with Crippen molar-refractivity contribution in [2.24, 2.45) is 0 Å². The minimum Gasteiger partial charge on any atom is -0.364 e. The van der Waals surface area contributed by atoms with Crippen molar-refractivity contribution in [3.05, 3.63) is 81.7 Å². The van der Waals surface area contributed by atoms with E-state index in [9.17, 15) is 0 Å². The largest absolute Gasteiger partial charge is 0.364 e. The summed E-state index contributed by atoms with van der Waals surface area (Å²) >= 11 is 12.5. The van der Waals surface area contributed by atoms with Crippen LogP contribution in [-0.4, -0.2) is 11.7 Å². The highest BCUT2D eigenvalue weighted by atomic mass is 35.5. The zero-order valence-electron chi connectivity index (χ0n) is 12.2. The van der Waals surface area contributed by atoms with Crippen molar-refractivity contribution in [1.82, 2.24) is 5.16 Å². The Morgan fingerprint density at radius 3 is 2.61 bits per heavy atom. The molecule has 1 atom stereocenters. The van der Waals surface area contributed by atoms with Crippen molar-refractivity contribution in [1.29, 1.82) is 0 Å². The van der Waals surface area contributed by atoms with Gasteiger partial charge in [-0.15, -0.1) is 0 Å². The number of benzene rings is 2. The van der Waals surface area contributed by atoms with Gasteiger partial charge in [-0.1, -0.05) is 46.6 Å². The summed E-state index contributed by atoms with van der Waals surface area (Å²) in [6.45, 7) is 0.867. The topological polar surface area (TPSA) is 29.3 Å². The monoisotopic (exact) mass is 344 g/mol. The smallest absolute Gasteiger partial charge is 0.127 e. The first kappa shape index (κ1) is 14.6. The molecule has 116 valence electrons. The Bertz CT molecular complexity index is 829. The van der Waals surface area contributed by atoms with E-state index in [2.05, 4.69) is 10.1 Å². The van der Waals surface area contributed by atoms with E-state index < -0.39 is 0 Å². The summed E-state index contributed by atoms with van der Waals surface area (Å²) in [5, 5.41) is 5.70. The Kier molecular flexibility index (Phi) is 3.76. The summed E-state index contributed by atoms with van der Waals surface area (Å²) in [7, 11) is 0. The highest BCUT2D eigenvalue weighted by Crippen LogP contribution is 2.40. The van der Waals surface area contributed by atoms with Gasteiger partial charge >= 0.3 is 0 Å². The first-order chi connectivity index (χ1) is 11.2. The Morgan fingerprint density at radius 1 is 1.04 bits per heavy atom. The maximum Gasteiger partial charge on any atom is 0.127 e. The van der Waals surface area contributed by atoms with Crippen LogP contribution in [0.25, 0.3) is 0 Å². The molecule has 1 unspecified atom stereocenters. The average Bonchev–Trinajstić information content (AvgIpc) is 3.04. The lowest BCUT2D eigenvalue weighted by atomic mass is 9.93. The van der Waals surface area contributed by atoms with Crippen molar-refractivity contribution in [2.45, 2.75) is 12.5 Å².